The van der Waals surface area contributed by atoms with Crippen LogP contribution in [0.2, 0.25) is 5.02 Å². The van der Waals surface area contributed by atoms with Gasteiger partial charge in [0.1, 0.15) is 18.2 Å². The van der Waals surface area contributed by atoms with Gasteiger partial charge in [-0.25, -0.2) is 9.37 Å². The van der Waals surface area contributed by atoms with Crippen LogP contribution in [-0.2, 0) is 19.6 Å². The molecule has 2 N–H and O–H groups in total. The Kier molecular flexibility index (Phi) is 7.29. The lowest BCUT2D eigenvalue weighted by Crippen LogP contribution is -2.17. The first-order valence-corrected chi connectivity index (χ1v) is 11.3. The van der Waals surface area contributed by atoms with E-state index in [1.165, 1.54) is 12.1 Å². The molecule has 166 valence electrons. The number of aromatic amines is 1. The standard InChI is InChI=1S/C24H22BrClFN3O2/c1-31-22-11-15(13-28-9-8-23-29-20-4-2-3-5-21(20)30-23)10-18(25)24(22)32-14-16-6-7-17(27)12-19(16)26/h2-7,10-12,28H,8-9,13-14H2,1H3,(H,29,30). The third kappa shape index (κ3) is 5.41. The van der Waals surface area contributed by atoms with Crippen LogP contribution in [0.3, 0.4) is 0 Å². The highest BCUT2D eigenvalue weighted by molar-refractivity contribution is 9.10. The Hall–Kier alpha value is -2.61. The second-order valence-corrected chi connectivity index (χ2v) is 8.52. The molecule has 0 unspecified atom stereocenters. The van der Waals surface area contributed by atoms with Crippen LogP contribution >= 0.6 is 27.5 Å². The highest BCUT2D eigenvalue weighted by atomic mass is 79.9. The van der Waals surface area contributed by atoms with Gasteiger partial charge in [0.2, 0.25) is 0 Å². The van der Waals surface area contributed by atoms with Crippen LogP contribution in [0.5, 0.6) is 11.5 Å². The maximum Gasteiger partial charge on any atom is 0.175 e. The Balaban J connectivity index is 1.35. The zero-order valence-electron chi connectivity index (χ0n) is 17.4. The van der Waals surface area contributed by atoms with Crippen molar-refractivity contribution >= 4 is 38.6 Å². The molecule has 0 spiro atoms. The van der Waals surface area contributed by atoms with Crippen molar-refractivity contribution in [3.8, 4) is 11.5 Å². The zero-order chi connectivity index (χ0) is 22.5. The summed E-state index contributed by atoms with van der Waals surface area (Å²) in [4.78, 5) is 7.94. The molecule has 1 aromatic heterocycles. The van der Waals surface area contributed by atoms with E-state index in [9.17, 15) is 4.39 Å². The van der Waals surface area contributed by atoms with Crippen molar-refractivity contribution in [1.29, 1.82) is 0 Å². The number of nitrogens with zero attached hydrogens (tertiary/aromatic N) is 1. The fourth-order valence-corrected chi connectivity index (χ4v) is 4.19. The predicted molar refractivity (Wildman–Crippen MR) is 128 cm³/mol. The van der Waals surface area contributed by atoms with Crippen molar-refractivity contribution in [2.24, 2.45) is 0 Å². The van der Waals surface area contributed by atoms with Crippen molar-refractivity contribution in [2.45, 2.75) is 19.6 Å². The molecule has 0 fully saturated rings. The second kappa shape index (κ2) is 10.3. The lowest BCUT2D eigenvalue weighted by Gasteiger charge is -2.15. The molecule has 0 saturated heterocycles. The number of halogens is 3. The molecule has 1 heterocycles. The number of imidazole rings is 1. The fourth-order valence-electron chi connectivity index (χ4n) is 3.37. The monoisotopic (exact) mass is 517 g/mol. The molecule has 0 aliphatic heterocycles. The summed E-state index contributed by atoms with van der Waals surface area (Å²) in [6.07, 6.45) is 0.798. The van der Waals surface area contributed by atoms with Gasteiger partial charge >= 0.3 is 0 Å². The van der Waals surface area contributed by atoms with E-state index in [0.717, 1.165) is 39.9 Å². The molecule has 0 bridgehead atoms. The molecule has 8 heteroatoms. The number of ether oxygens (including phenoxy) is 2. The van der Waals surface area contributed by atoms with E-state index in [1.54, 1.807) is 13.2 Å². The molecule has 4 aromatic rings. The SMILES string of the molecule is COc1cc(CNCCc2nc3ccccc3[nH]2)cc(Br)c1OCc1ccc(F)cc1Cl. The van der Waals surface area contributed by atoms with E-state index in [0.29, 0.717) is 28.6 Å². The van der Waals surface area contributed by atoms with Gasteiger partial charge in [-0.2, -0.15) is 0 Å². The van der Waals surface area contributed by atoms with Gasteiger partial charge in [-0.3, -0.25) is 0 Å². The summed E-state index contributed by atoms with van der Waals surface area (Å²) >= 11 is 9.66. The van der Waals surface area contributed by atoms with Crippen LogP contribution in [0.25, 0.3) is 11.0 Å². The Labute approximate surface area is 199 Å². The smallest absolute Gasteiger partial charge is 0.175 e. The first-order chi connectivity index (χ1) is 15.5. The maximum absolute atomic E-state index is 13.2. The Bertz CT molecular complexity index is 1200. The van der Waals surface area contributed by atoms with E-state index in [4.69, 9.17) is 21.1 Å². The summed E-state index contributed by atoms with van der Waals surface area (Å²) in [6.45, 7) is 1.64. The highest BCUT2D eigenvalue weighted by Crippen LogP contribution is 2.37. The van der Waals surface area contributed by atoms with Crippen molar-refractivity contribution in [3.63, 3.8) is 0 Å². The van der Waals surface area contributed by atoms with Gasteiger partial charge in [0, 0.05) is 25.1 Å². The average molecular weight is 519 g/mol. The largest absolute Gasteiger partial charge is 0.493 e. The first kappa shape index (κ1) is 22.6. The summed E-state index contributed by atoms with van der Waals surface area (Å²) in [5, 5.41) is 3.76. The molecular formula is C24H22BrClFN3O2. The Morgan fingerprint density at radius 2 is 2.00 bits per heavy atom. The summed E-state index contributed by atoms with van der Waals surface area (Å²) in [7, 11) is 1.60. The number of methoxy groups -OCH3 is 1. The van der Waals surface area contributed by atoms with E-state index < -0.39 is 0 Å². The lowest BCUT2D eigenvalue weighted by molar-refractivity contribution is 0.282. The summed E-state index contributed by atoms with van der Waals surface area (Å²) in [5.41, 5.74) is 3.77. The Morgan fingerprint density at radius 1 is 1.16 bits per heavy atom. The van der Waals surface area contributed by atoms with E-state index in [-0.39, 0.29) is 12.4 Å². The maximum atomic E-state index is 13.2. The number of H-pyrrole nitrogens is 1. The summed E-state index contributed by atoms with van der Waals surface area (Å²) in [6, 6.07) is 16.2. The molecule has 0 atom stereocenters. The van der Waals surface area contributed by atoms with Gasteiger partial charge in [0.05, 0.1) is 27.6 Å². The lowest BCUT2D eigenvalue weighted by atomic mass is 10.2. The summed E-state index contributed by atoms with van der Waals surface area (Å²) in [5.74, 6) is 1.75. The molecule has 0 saturated carbocycles. The minimum absolute atomic E-state index is 0.198. The molecule has 32 heavy (non-hydrogen) atoms. The fraction of sp³-hybridized carbons (Fsp3) is 0.208. The number of hydrogen-bond donors (Lipinski definition) is 2. The van der Waals surface area contributed by atoms with E-state index in [2.05, 4.69) is 31.2 Å². The number of para-hydroxylation sites is 2. The minimum Gasteiger partial charge on any atom is -0.493 e. The molecule has 0 aliphatic carbocycles. The van der Waals surface area contributed by atoms with E-state index >= 15 is 0 Å². The minimum atomic E-state index is -0.380. The van der Waals surface area contributed by atoms with Gasteiger partial charge in [0.15, 0.2) is 11.5 Å². The van der Waals surface area contributed by atoms with Crippen LogP contribution in [0.15, 0.2) is 59.1 Å². The second-order valence-electron chi connectivity index (χ2n) is 7.26. The molecule has 0 amide bonds. The third-order valence-corrected chi connectivity index (χ3v) is 5.92. The molecule has 0 aliphatic rings. The number of aromatic nitrogens is 2. The number of benzene rings is 3. The van der Waals surface area contributed by atoms with Crippen molar-refractivity contribution in [1.82, 2.24) is 15.3 Å². The first-order valence-electron chi connectivity index (χ1n) is 10.1. The topological polar surface area (TPSA) is 59.2 Å². The third-order valence-electron chi connectivity index (χ3n) is 4.98. The van der Waals surface area contributed by atoms with Gasteiger partial charge in [0.25, 0.3) is 0 Å². The quantitative estimate of drug-likeness (QED) is 0.265. The van der Waals surface area contributed by atoms with Crippen molar-refractivity contribution < 1.29 is 13.9 Å². The molecule has 0 radical (unpaired) electrons. The van der Waals surface area contributed by atoms with Gasteiger partial charge in [-0.1, -0.05) is 29.8 Å². The van der Waals surface area contributed by atoms with Crippen molar-refractivity contribution in [2.75, 3.05) is 13.7 Å². The predicted octanol–water partition coefficient (Wildman–Crippen LogP) is 6.04. The van der Waals surface area contributed by atoms with Crippen LogP contribution in [0.4, 0.5) is 4.39 Å². The zero-order valence-corrected chi connectivity index (χ0v) is 19.8. The molecular weight excluding hydrogens is 497 g/mol. The van der Waals surface area contributed by atoms with Crippen LogP contribution < -0.4 is 14.8 Å². The number of hydrogen-bond acceptors (Lipinski definition) is 4. The highest BCUT2D eigenvalue weighted by Gasteiger charge is 2.13. The van der Waals surface area contributed by atoms with Crippen LogP contribution in [0, 0.1) is 5.82 Å². The molecule has 5 nitrogen and oxygen atoms in total. The van der Waals surface area contributed by atoms with Crippen molar-refractivity contribution in [3.05, 3.63) is 86.9 Å². The van der Waals surface area contributed by atoms with Crippen LogP contribution in [0.1, 0.15) is 17.0 Å². The summed E-state index contributed by atoms with van der Waals surface area (Å²) < 4.78 is 25.5. The molecule has 4 rings (SSSR count). The number of rotatable bonds is 9. The van der Waals surface area contributed by atoms with Gasteiger partial charge < -0.3 is 19.8 Å². The number of fused-ring (bicyclic) bond motifs is 1. The van der Waals surface area contributed by atoms with Gasteiger partial charge in [-0.05, 0) is 57.9 Å². The van der Waals surface area contributed by atoms with E-state index in [1.807, 2.05) is 36.4 Å². The Morgan fingerprint density at radius 3 is 2.78 bits per heavy atom. The molecule has 3 aromatic carbocycles. The van der Waals surface area contributed by atoms with Crippen LogP contribution in [-0.4, -0.2) is 23.6 Å². The normalized spacial score (nSPS) is 11.1. The number of nitrogens with one attached hydrogen (secondary N) is 2. The average Bonchev–Trinajstić information content (AvgIpc) is 3.19. The van der Waals surface area contributed by atoms with Gasteiger partial charge in [-0.15, -0.1) is 0 Å².